The Morgan fingerprint density at radius 3 is 2.53 bits per heavy atom. The number of nitrogens with two attached hydrogens (primary N) is 2. The van der Waals surface area contributed by atoms with Crippen LogP contribution in [0.1, 0.15) is 28.2 Å². The molecule has 0 bridgehead atoms. The lowest BCUT2D eigenvalue weighted by Crippen LogP contribution is -2.41. The largest absolute Gasteiger partial charge is 0.480 e. The molecule has 0 aromatic carbocycles. The summed E-state index contributed by atoms with van der Waals surface area (Å²) < 4.78 is 0. The number of primary amides is 1. The second-order valence-electron chi connectivity index (χ2n) is 3.84. The molecular formula is C10H14N4O4S. The van der Waals surface area contributed by atoms with E-state index in [0.717, 1.165) is 11.3 Å². The molecule has 1 heterocycles. The van der Waals surface area contributed by atoms with Crippen LogP contribution in [0.5, 0.6) is 0 Å². The van der Waals surface area contributed by atoms with Crippen molar-refractivity contribution in [1.29, 1.82) is 0 Å². The minimum absolute atomic E-state index is 0.0657. The van der Waals surface area contributed by atoms with Crippen LogP contribution in [-0.4, -0.2) is 33.9 Å². The second kappa shape index (κ2) is 6.14. The predicted molar refractivity (Wildman–Crippen MR) is 68.6 cm³/mol. The van der Waals surface area contributed by atoms with E-state index in [-0.39, 0.29) is 22.9 Å². The third-order valence-electron chi connectivity index (χ3n) is 2.30. The first-order valence-corrected chi connectivity index (χ1v) is 6.17. The van der Waals surface area contributed by atoms with Gasteiger partial charge in [-0.2, -0.15) is 0 Å². The fourth-order valence-electron chi connectivity index (χ4n) is 1.40. The van der Waals surface area contributed by atoms with Crippen LogP contribution >= 0.6 is 11.3 Å². The molecule has 1 atom stereocenters. The number of nitrogens with one attached hydrogen (secondary N) is 1. The lowest BCUT2D eigenvalue weighted by atomic mass is 10.1. The molecule has 0 aliphatic heterocycles. The number of hydrogen-bond donors (Lipinski definition) is 4. The van der Waals surface area contributed by atoms with Gasteiger partial charge in [-0.25, -0.2) is 9.78 Å². The van der Waals surface area contributed by atoms with Crippen molar-refractivity contribution >= 4 is 34.3 Å². The van der Waals surface area contributed by atoms with E-state index in [2.05, 4.69) is 10.3 Å². The van der Waals surface area contributed by atoms with Crippen molar-refractivity contribution in [2.24, 2.45) is 5.73 Å². The van der Waals surface area contributed by atoms with E-state index in [0.29, 0.717) is 5.69 Å². The highest BCUT2D eigenvalue weighted by molar-refractivity contribution is 7.17. The Morgan fingerprint density at radius 2 is 2.11 bits per heavy atom. The van der Waals surface area contributed by atoms with Crippen LogP contribution in [0.15, 0.2) is 0 Å². The van der Waals surface area contributed by atoms with Crippen LogP contribution in [-0.2, 0) is 9.59 Å². The number of aromatic nitrogens is 1. The van der Waals surface area contributed by atoms with Gasteiger partial charge in [-0.05, 0) is 13.3 Å². The maximum atomic E-state index is 11.9. The summed E-state index contributed by atoms with van der Waals surface area (Å²) in [6.07, 6.45) is -0.190. The number of nitrogen functional groups attached to an aromatic ring is 1. The number of carboxylic acids is 1. The Balaban J connectivity index is 2.74. The predicted octanol–water partition coefficient (Wildman–Crippen LogP) is -0.518. The van der Waals surface area contributed by atoms with Crippen molar-refractivity contribution < 1.29 is 19.5 Å². The number of anilines is 1. The molecule has 1 aromatic rings. The smallest absolute Gasteiger partial charge is 0.326 e. The number of aryl methyl sites for hydroxylation is 1. The van der Waals surface area contributed by atoms with Gasteiger partial charge < -0.3 is 21.9 Å². The van der Waals surface area contributed by atoms with Gasteiger partial charge in [0.15, 0.2) is 5.13 Å². The van der Waals surface area contributed by atoms with Gasteiger partial charge in [0.1, 0.15) is 10.9 Å². The molecule has 2 amide bonds. The average molecular weight is 286 g/mol. The molecule has 1 rings (SSSR count). The fraction of sp³-hybridized carbons (Fsp3) is 0.400. The van der Waals surface area contributed by atoms with E-state index in [1.807, 2.05) is 0 Å². The van der Waals surface area contributed by atoms with Crippen LogP contribution in [0.2, 0.25) is 0 Å². The van der Waals surface area contributed by atoms with Crippen LogP contribution in [0.4, 0.5) is 5.13 Å². The number of nitrogens with zero attached hydrogens (tertiary/aromatic N) is 1. The van der Waals surface area contributed by atoms with E-state index < -0.39 is 23.8 Å². The molecular weight excluding hydrogens is 272 g/mol. The van der Waals surface area contributed by atoms with Crippen molar-refractivity contribution in [3.05, 3.63) is 10.6 Å². The molecule has 8 nitrogen and oxygen atoms in total. The van der Waals surface area contributed by atoms with E-state index in [1.165, 1.54) is 0 Å². The monoisotopic (exact) mass is 286 g/mol. The standard InChI is InChI=1S/C10H14N4O4S/c1-4-7(19-10(12)13-4)8(16)14-5(9(17)18)2-3-6(11)15/h5H,2-3H2,1H3,(H2,11,15)(H2,12,13)(H,14,16)(H,17,18)/t5-/m0/s1. The van der Waals surface area contributed by atoms with Crippen molar-refractivity contribution in [2.45, 2.75) is 25.8 Å². The van der Waals surface area contributed by atoms with Gasteiger partial charge in [0.2, 0.25) is 5.91 Å². The van der Waals surface area contributed by atoms with E-state index >= 15 is 0 Å². The van der Waals surface area contributed by atoms with Crippen molar-refractivity contribution in [2.75, 3.05) is 5.73 Å². The Hall–Kier alpha value is -2.16. The van der Waals surface area contributed by atoms with Gasteiger partial charge in [-0.1, -0.05) is 11.3 Å². The van der Waals surface area contributed by atoms with E-state index in [9.17, 15) is 14.4 Å². The maximum Gasteiger partial charge on any atom is 0.326 e. The topological polar surface area (TPSA) is 148 Å². The first-order chi connectivity index (χ1) is 8.81. The summed E-state index contributed by atoms with van der Waals surface area (Å²) in [6, 6.07) is -1.18. The number of carbonyl (C=O) groups is 3. The van der Waals surface area contributed by atoms with Gasteiger partial charge in [-0.15, -0.1) is 0 Å². The summed E-state index contributed by atoms with van der Waals surface area (Å²) in [5.74, 6) is -2.44. The third-order valence-corrected chi connectivity index (χ3v) is 3.29. The fourth-order valence-corrected chi connectivity index (χ4v) is 2.13. The average Bonchev–Trinajstić information content (AvgIpc) is 2.62. The molecule has 9 heteroatoms. The maximum absolute atomic E-state index is 11.9. The van der Waals surface area contributed by atoms with Crippen molar-refractivity contribution in [1.82, 2.24) is 10.3 Å². The highest BCUT2D eigenvalue weighted by atomic mass is 32.1. The number of amides is 2. The molecule has 0 saturated heterocycles. The van der Waals surface area contributed by atoms with Crippen molar-refractivity contribution in [3.63, 3.8) is 0 Å². The highest BCUT2D eigenvalue weighted by Gasteiger charge is 2.23. The lowest BCUT2D eigenvalue weighted by molar-refractivity contribution is -0.139. The number of aliphatic carboxylic acids is 1. The molecule has 104 valence electrons. The Kier molecular flexibility index (Phi) is 4.81. The molecule has 19 heavy (non-hydrogen) atoms. The molecule has 0 radical (unpaired) electrons. The summed E-state index contributed by atoms with van der Waals surface area (Å²) in [5, 5.41) is 11.5. The minimum Gasteiger partial charge on any atom is -0.480 e. The quantitative estimate of drug-likeness (QED) is 0.553. The molecule has 0 saturated carbocycles. The Morgan fingerprint density at radius 1 is 1.47 bits per heavy atom. The number of carboxylic acid groups (broad SMARTS) is 1. The van der Waals surface area contributed by atoms with Gasteiger partial charge in [0, 0.05) is 6.42 Å². The van der Waals surface area contributed by atoms with Gasteiger partial charge >= 0.3 is 5.97 Å². The third kappa shape index (κ3) is 4.21. The van der Waals surface area contributed by atoms with Crippen LogP contribution < -0.4 is 16.8 Å². The molecule has 0 aliphatic carbocycles. The summed E-state index contributed by atoms with van der Waals surface area (Å²) in [7, 11) is 0. The van der Waals surface area contributed by atoms with Crippen molar-refractivity contribution in [3.8, 4) is 0 Å². The molecule has 0 unspecified atom stereocenters. The van der Waals surface area contributed by atoms with Crippen LogP contribution in [0, 0.1) is 6.92 Å². The number of rotatable bonds is 6. The van der Waals surface area contributed by atoms with Crippen LogP contribution in [0.25, 0.3) is 0 Å². The van der Waals surface area contributed by atoms with E-state index in [4.69, 9.17) is 16.6 Å². The highest BCUT2D eigenvalue weighted by Crippen LogP contribution is 2.19. The summed E-state index contributed by atoms with van der Waals surface area (Å²) in [6.45, 7) is 1.60. The zero-order chi connectivity index (χ0) is 14.6. The van der Waals surface area contributed by atoms with Gasteiger partial charge in [0.25, 0.3) is 5.91 Å². The molecule has 0 aliphatic rings. The van der Waals surface area contributed by atoms with Gasteiger partial charge in [0.05, 0.1) is 5.69 Å². The number of carbonyl (C=O) groups excluding carboxylic acids is 2. The minimum atomic E-state index is -1.23. The summed E-state index contributed by atoms with van der Waals surface area (Å²) >= 11 is 0.971. The molecule has 1 aromatic heterocycles. The summed E-state index contributed by atoms with van der Waals surface area (Å²) in [4.78, 5) is 37.6. The Labute approximate surface area is 112 Å². The first-order valence-electron chi connectivity index (χ1n) is 5.36. The normalized spacial score (nSPS) is 11.8. The first kappa shape index (κ1) is 14.9. The molecule has 0 fully saturated rings. The number of thiazole rings is 1. The zero-order valence-corrected chi connectivity index (χ0v) is 11.0. The molecule has 6 N–H and O–H groups in total. The lowest BCUT2D eigenvalue weighted by Gasteiger charge is -2.12. The SMILES string of the molecule is Cc1nc(N)sc1C(=O)N[C@@H](CCC(N)=O)C(=O)O. The number of hydrogen-bond acceptors (Lipinski definition) is 6. The molecule has 0 spiro atoms. The van der Waals surface area contributed by atoms with Crippen LogP contribution in [0.3, 0.4) is 0 Å². The summed E-state index contributed by atoms with van der Waals surface area (Å²) in [5.41, 5.74) is 10.8. The van der Waals surface area contributed by atoms with Gasteiger partial charge in [-0.3, -0.25) is 9.59 Å². The zero-order valence-electron chi connectivity index (χ0n) is 10.2. The van der Waals surface area contributed by atoms with E-state index in [1.54, 1.807) is 6.92 Å². The Bertz CT molecular complexity index is 514. The second-order valence-corrected chi connectivity index (χ2v) is 4.87.